The third kappa shape index (κ3) is 3.99. The lowest BCUT2D eigenvalue weighted by Crippen LogP contribution is -2.62. The molecule has 178 valence electrons. The molecule has 3 aliphatic carbocycles. The zero-order chi connectivity index (χ0) is 23.2. The molecule has 8 atom stereocenters. The maximum absolute atomic E-state index is 13.8. The molecule has 31 heavy (non-hydrogen) atoms. The molecule has 4 nitrogen and oxygen atoms in total. The zero-order valence-corrected chi connectivity index (χ0v) is 19.6. The highest BCUT2D eigenvalue weighted by atomic mass is 19.4. The fourth-order valence-electron chi connectivity index (χ4n) is 7.26. The van der Waals surface area contributed by atoms with Gasteiger partial charge in [-0.05, 0) is 56.3 Å². The summed E-state index contributed by atoms with van der Waals surface area (Å²) in [6.45, 7) is 8.01. The number of methoxy groups -OCH3 is 2. The van der Waals surface area contributed by atoms with Crippen molar-refractivity contribution in [3.63, 3.8) is 0 Å². The highest BCUT2D eigenvalue weighted by Gasteiger charge is 2.68. The van der Waals surface area contributed by atoms with Gasteiger partial charge in [0.1, 0.15) is 12.6 Å². The van der Waals surface area contributed by atoms with Gasteiger partial charge in [0.15, 0.2) is 0 Å². The maximum atomic E-state index is 13.8. The van der Waals surface area contributed by atoms with Gasteiger partial charge >= 0.3 is 6.18 Å². The Bertz CT molecular complexity index is 707. The third-order valence-corrected chi connectivity index (χ3v) is 9.11. The van der Waals surface area contributed by atoms with Crippen molar-refractivity contribution in [1.29, 1.82) is 0 Å². The number of ether oxygens (including phenoxy) is 3. The number of ketones is 1. The minimum absolute atomic E-state index is 0.00622. The number of carbonyl (C=O) groups is 1. The first-order valence-corrected chi connectivity index (χ1v) is 11.3. The summed E-state index contributed by atoms with van der Waals surface area (Å²) in [6.07, 6.45) is 0.133. The Morgan fingerprint density at radius 1 is 1.13 bits per heavy atom. The van der Waals surface area contributed by atoms with Crippen LogP contribution in [0.5, 0.6) is 0 Å². The van der Waals surface area contributed by atoms with Crippen LogP contribution in [0, 0.1) is 34.0 Å². The van der Waals surface area contributed by atoms with Crippen molar-refractivity contribution in [2.75, 3.05) is 21.0 Å². The molecule has 0 amide bonds. The SMILES string of the molecule is COCOC1C[C@@](C)(C=CC(F)(F)F)C(=O)[C@H](C)C23CC[C@@H](C)[C@]1(C)C2[C@H](OC)CC3. The number of alkyl halides is 3. The lowest BCUT2D eigenvalue weighted by molar-refractivity contribution is -0.217. The van der Waals surface area contributed by atoms with Crippen molar-refractivity contribution in [2.24, 2.45) is 34.0 Å². The molecule has 0 aromatic rings. The zero-order valence-electron chi connectivity index (χ0n) is 19.6. The van der Waals surface area contributed by atoms with E-state index in [0.717, 1.165) is 31.8 Å². The Kier molecular flexibility index (Phi) is 6.74. The summed E-state index contributed by atoms with van der Waals surface area (Å²) in [6, 6.07) is 0. The molecule has 3 saturated carbocycles. The number of halogens is 3. The normalized spacial score (nSPS) is 46.1. The predicted octanol–water partition coefficient (Wildman–Crippen LogP) is 5.56. The first kappa shape index (κ1) is 24.7. The molecule has 0 aromatic carbocycles. The Hall–Kier alpha value is -0.920. The average molecular weight is 447 g/mol. The average Bonchev–Trinajstić information content (AvgIpc) is 3.11. The number of carbonyl (C=O) groups excluding carboxylic acids is 1. The Morgan fingerprint density at radius 3 is 2.35 bits per heavy atom. The van der Waals surface area contributed by atoms with E-state index in [4.69, 9.17) is 14.2 Å². The maximum Gasteiger partial charge on any atom is 0.409 e. The number of allylic oxidation sites excluding steroid dienone is 2. The molecule has 7 heteroatoms. The van der Waals surface area contributed by atoms with E-state index >= 15 is 0 Å². The molecule has 0 N–H and O–H groups in total. The van der Waals surface area contributed by atoms with Crippen molar-refractivity contribution in [3.8, 4) is 0 Å². The topological polar surface area (TPSA) is 44.8 Å². The van der Waals surface area contributed by atoms with E-state index in [-0.39, 0.29) is 59.8 Å². The van der Waals surface area contributed by atoms with Gasteiger partial charge in [-0.2, -0.15) is 13.2 Å². The first-order valence-electron chi connectivity index (χ1n) is 11.3. The molecule has 3 fully saturated rings. The van der Waals surface area contributed by atoms with Crippen molar-refractivity contribution >= 4 is 5.78 Å². The van der Waals surface area contributed by atoms with E-state index in [1.165, 1.54) is 7.11 Å². The summed E-state index contributed by atoms with van der Waals surface area (Å²) in [7, 11) is 3.25. The molecule has 2 bridgehead atoms. The van der Waals surface area contributed by atoms with Gasteiger partial charge in [0.25, 0.3) is 0 Å². The van der Waals surface area contributed by atoms with Gasteiger partial charge in [-0.3, -0.25) is 4.79 Å². The van der Waals surface area contributed by atoms with Gasteiger partial charge < -0.3 is 14.2 Å². The lowest BCUT2D eigenvalue weighted by atomic mass is 9.44. The molecule has 0 saturated heterocycles. The predicted molar refractivity (Wildman–Crippen MR) is 111 cm³/mol. The second-order valence-corrected chi connectivity index (χ2v) is 10.5. The standard InChI is InChI=1S/C24H37F3O4/c1-15-7-9-23-10-8-17(30-6)19(23)22(15,4)18(31-14-29-5)13-21(3,20(28)16(23)2)11-12-24(25,26)27/h11-12,15-19H,7-10,13-14H2,1-6H3/t15-,16+,17-,18?,19?,21-,22+,23?/m1/s1. The minimum Gasteiger partial charge on any atom is -0.381 e. The first-order chi connectivity index (χ1) is 14.4. The van der Waals surface area contributed by atoms with Gasteiger partial charge in [0, 0.05) is 37.0 Å². The largest absolute Gasteiger partial charge is 0.409 e. The number of rotatable bonds is 5. The molecule has 3 unspecified atom stereocenters. The number of hydrogen-bond acceptors (Lipinski definition) is 4. The highest BCUT2D eigenvalue weighted by molar-refractivity contribution is 5.89. The van der Waals surface area contributed by atoms with Crippen molar-refractivity contribution < 1.29 is 32.2 Å². The monoisotopic (exact) mass is 446 g/mol. The van der Waals surface area contributed by atoms with Crippen molar-refractivity contribution in [1.82, 2.24) is 0 Å². The Labute approximate surface area is 183 Å². The molecule has 0 heterocycles. The van der Waals surface area contributed by atoms with Crippen LogP contribution in [0.2, 0.25) is 0 Å². The summed E-state index contributed by atoms with van der Waals surface area (Å²) in [4.78, 5) is 13.8. The van der Waals surface area contributed by atoms with Crippen LogP contribution in [0.1, 0.15) is 59.8 Å². The second kappa shape index (κ2) is 8.45. The Morgan fingerprint density at radius 2 is 1.77 bits per heavy atom. The fraction of sp³-hybridized carbons (Fsp3) is 0.875. The summed E-state index contributed by atoms with van der Waals surface area (Å²) in [5, 5.41) is 0. The van der Waals surface area contributed by atoms with E-state index < -0.39 is 17.7 Å². The van der Waals surface area contributed by atoms with Gasteiger partial charge in [0.05, 0.1) is 12.2 Å². The molecule has 3 rings (SSSR count). The van der Waals surface area contributed by atoms with Gasteiger partial charge in [-0.1, -0.05) is 26.8 Å². The van der Waals surface area contributed by atoms with Gasteiger partial charge in [0.2, 0.25) is 0 Å². The van der Waals surface area contributed by atoms with Crippen LogP contribution in [-0.4, -0.2) is 45.2 Å². The van der Waals surface area contributed by atoms with Crippen LogP contribution in [0.4, 0.5) is 13.2 Å². The molecule has 0 aliphatic heterocycles. The smallest absolute Gasteiger partial charge is 0.381 e. The second-order valence-electron chi connectivity index (χ2n) is 10.5. The van der Waals surface area contributed by atoms with Crippen LogP contribution >= 0.6 is 0 Å². The van der Waals surface area contributed by atoms with E-state index in [1.807, 2.05) is 6.92 Å². The lowest BCUT2D eigenvalue weighted by Gasteiger charge is -2.62. The third-order valence-electron chi connectivity index (χ3n) is 9.11. The number of Topliss-reactive ketones (excluding diaryl/α,β-unsaturated/α-hetero) is 1. The van der Waals surface area contributed by atoms with Crippen molar-refractivity contribution in [3.05, 3.63) is 12.2 Å². The van der Waals surface area contributed by atoms with Crippen LogP contribution in [0.3, 0.4) is 0 Å². The van der Waals surface area contributed by atoms with Crippen LogP contribution in [-0.2, 0) is 19.0 Å². The molecule has 0 radical (unpaired) electrons. The molecule has 0 spiro atoms. The highest BCUT2D eigenvalue weighted by Crippen LogP contribution is 2.68. The molecule has 0 aromatic heterocycles. The van der Waals surface area contributed by atoms with Crippen molar-refractivity contribution in [2.45, 2.75) is 78.2 Å². The van der Waals surface area contributed by atoms with Crippen LogP contribution in [0.15, 0.2) is 12.2 Å². The summed E-state index contributed by atoms with van der Waals surface area (Å²) < 4.78 is 56.6. The summed E-state index contributed by atoms with van der Waals surface area (Å²) >= 11 is 0. The fourth-order valence-corrected chi connectivity index (χ4v) is 7.26. The minimum atomic E-state index is -4.47. The van der Waals surface area contributed by atoms with Crippen LogP contribution in [0.25, 0.3) is 0 Å². The molecular weight excluding hydrogens is 409 g/mol. The molecular formula is C24H37F3O4. The van der Waals surface area contributed by atoms with Gasteiger partial charge in [-0.25, -0.2) is 0 Å². The summed E-state index contributed by atoms with van der Waals surface area (Å²) in [5.74, 6) is -0.0988. The van der Waals surface area contributed by atoms with E-state index in [2.05, 4.69) is 13.8 Å². The van der Waals surface area contributed by atoms with Crippen LogP contribution < -0.4 is 0 Å². The van der Waals surface area contributed by atoms with E-state index in [1.54, 1.807) is 14.0 Å². The van der Waals surface area contributed by atoms with Gasteiger partial charge in [-0.15, -0.1) is 0 Å². The van der Waals surface area contributed by atoms with E-state index in [0.29, 0.717) is 0 Å². The quantitative estimate of drug-likeness (QED) is 0.410. The number of hydrogen-bond donors (Lipinski definition) is 0. The summed E-state index contributed by atoms with van der Waals surface area (Å²) in [5.41, 5.74) is -1.91. The molecule has 3 aliphatic rings. The Balaban J connectivity index is 2.19. The van der Waals surface area contributed by atoms with E-state index in [9.17, 15) is 18.0 Å².